The summed E-state index contributed by atoms with van der Waals surface area (Å²) in [6, 6.07) is 10.5. The molecule has 1 aliphatic carbocycles. The lowest BCUT2D eigenvalue weighted by atomic mass is 10.1. The van der Waals surface area contributed by atoms with E-state index in [0.29, 0.717) is 17.9 Å². The third-order valence-electron chi connectivity index (χ3n) is 2.83. The fourth-order valence-electron chi connectivity index (χ4n) is 2.06. The third kappa shape index (κ3) is 1.47. The van der Waals surface area contributed by atoms with Crippen LogP contribution >= 0.6 is 0 Å². The van der Waals surface area contributed by atoms with Gasteiger partial charge in [-0.3, -0.25) is 0 Å². The van der Waals surface area contributed by atoms with E-state index in [-0.39, 0.29) is 0 Å². The highest BCUT2D eigenvalue weighted by atomic mass is 16.5. The SMILES string of the molecule is CO[C@@H]1[C@@H](CN)[C@@H]1c1ccccc1. The van der Waals surface area contributed by atoms with Crippen molar-refractivity contribution in [2.45, 2.75) is 12.0 Å². The van der Waals surface area contributed by atoms with Gasteiger partial charge in [-0.2, -0.15) is 0 Å². The van der Waals surface area contributed by atoms with Crippen molar-refractivity contribution in [1.29, 1.82) is 0 Å². The monoisotopic (exact) mass is 177 g/mol. The fourth-order valence-corrected chi connectivity index (χ4v) is 2.06. The number of ether oxygens (including phenoxy) is 1. The summed E-state index contributed by atoms with van der Waals surface area (Å²) in [6.45, 7) is 0.720. The summed E-state index contributed by atoms with van der Waals surface area (Å²) in [4.78, 5) is 0. The predicted octanol–water partition coefficient (Wildman–Crippen LogP) is 1.37. The lowest BCUT2D eigenvalue weighted by molar-refractivity contribution is 0.167. The molecule has 0 aromatic heterocycles. The molecule has 2 nitrogen and oxygen atoms in total. The average molecular weight is 177 g/mol. The number of hydrogen-bond donors (Lipinski definition) is 1. The largest absolute Gasteiger partial charge is 0.380 e. The van der Waals surface area contributed by atoms with Crippen molar-refractivity contribution >= 4 is 0 Å². The van der Waals surface area contributed by atoms with Gasteiger partial charge < -0.3 is 10.5 Å². The molecule has 13 heavy (non-hydrogen) atoms. The molecule has 1 aromatic rings. The number of benzene rings is 1. The molecule has 2 heteroatoms. The quantitative estimate of drug-likeness (QED) is 0.757. The second-order valence-electron chi connectivity index (χ2n) is 3.54. The second kappa shape index (κ2) is 3.48. The molecule has 0 bridgehead atoms. The smallest absolute Gasteiger partial charge is 0.0690 e. The molecule has 2 rings (SSSR count). The molecular formula is C11H15NO. The Kier molecular flexibility index (Phi) is 2.34. The zero-order valence-corrected chi connectivity index (χ0v) is 7.81. The van der Waals surface area contributed by atoms with Crippen molar-refractivity contribution < 1.29 is 4.74 Å². The van der Waals surface area contributed by atoms with Crippen molar-refractivity contribution in [1.82, 2.24) is 0 Å². The maximum Gasteiger partial charge on any atom is 0.0690 e. The van der Waals surface area contributed by atoms with Crippen LogP contribution in [-0.2, 0) is 4.74 Å². The highest BCUT2D eigenvalue weighted by Gasteiger charge is 2.50. The first-order valence-corrected chi connectivity index (χ1v) is 4.66. The van der Waals surface area contributed by atoms with E-state index in [1.807, 2.05) is 6.07 Å². The molecule has 0 amide bonds. The standard InChI is InChI=1S/C11H15NO/c1-13-11-9(7-12)10(11)8-5-3-2-4-6-8/h2-6,9-11H,7,12H2,1H3/t9-,10-,11+/m0/s1. The van der Waals surface area contributed by atoms with Gasteiger partial charge in [-0.05, 0) is 12.1 Å². The molecule has 70 valence electrons. The second-order valence-corrected chi connectivity index (χ2v) is 3.54. The summed E-state index contributed by atoms with van der Waals surface area (Å²) in [5, 5.41) is 0. The fraction of sp³-hybridized carbons (Fsp3) is 0.455. The Bertz CT molecular complexity index is 263. The first-order chi connectivity index (χ1) is 6.38. The lowest BCUT2D eigenvalue weighted by Crippen LogP contribution is -2.05. The van der Waals surface area contributed by atoms with Gasteiger partial charge in [-0.1, -0.05) is 30.3 Å². The van der Waals surface area contributed by atoms with Gasteiger partial charge in [0.15, 0.2) is 0 Å². The molecule has 0 unspecified atom stereocenters. The Hall–Kier alpha value is -0.860. The van der Waals surface area contributed by atoms with Crippen molar-refractivity contribution in [3.63, 3.8) is 0 Å². The van der Waals surface area contributed by atoms with E-state index in [0.717, 1.165) is 6.54 Å². The van der Waals surface area contributed by atoms with Gasteiger partial charge in [-0.25, -0.2) is 0 Å². The highest BCUT2D eigenvalue weighted by molar-refractivity contribution is 5.29. The van der Waals surface area contributed by atoms with E-state index in [4.69, 9.17) is 10.5 Å². The van der Waals surface area contributed by atoms with Gasteiger partial charge in [0.25, 0.3) is 0 Å². The molecule has 0 saturated heterocycles. The Labute approximate surface area is 78.7 Å². The summed E-state index contributed by atoms with van der Waals surface area (Å²) >= 11 is 0. The molecule has 1 aliphatic rings. The van der Waals surface area contributed by atoms with Crippen molar-refractivity contribution in [2.75, 3.05) is 13.7 Å². The molecule has 0 heterocycles. The highest BCUT2D eigenvalue weighted by Crippen LogP contribution is 2.48. The number of nitrogens with two attached hydrogens (primary N) is 1. The summed E-state index contributed by atoms with van der Waals surface area (Å²) in [5.41, 5.74) is 7.00. The molecule has 3 atom stereocenters. The van der Waals surface area contributed by atoms with Gasteiger partial charge in [0.05, 0.1) is 6.10 Å². The normalized spacial score (nSPS) is 31.7. The van der Waals surface area contributed by atoms with Crippen molar-refractivity contribution in [3.8, 4) is 0 Å². The van der Waals surface area contributed by atoms with E-state index < -0.39 is 0 Å². The zero-order valence-electron chi connectivity index (χ0n) is 7.81. The van der Waals surface area contributed by atoms with Crippen LogP contribution < -0.4 is 5.73 Å². The van der Waals surface area contributed by atoms with E-state index in [1.165, 1.54) is 5.56 Å². The van der Waals surface area contributed by atoms with Crippen LogP contribution in [0.25, 0.3) is 0 Å². The number of methoxy groups -OCH3 is 1. The molecular weight excluding hydrogens is 162 g/mol. The van der Waals surface area contributed by atoms with Crippen LogP contribution in [0.2, 0.25) is 0 Å². The molecule has 0 radical (unpaired) electrons. The molecule has 1 saturated carbocycles. The van der Waals surface area contributed by atoms with Crippen molar-refractivity contribution in [2.24, 2.45) is 11.7 Å². The Morgan fingerprint density at radius 1 is 1.31 bits per heavy atom. The third-order valence-corrected chi connectivity index (χ3v) is 2.83. The molecule has 1 fully saturated rings. The molecule has 1 aromatic carbocycles. The Morgan fingerprint density at radius 3 is 2.46 bits per heavy atom. The predicted molar refractivity (Wildman–Crippen MR) is 52.5 cm³/mol. The Balaban J connectivity index is 2.12. The summed E-state index contributed by atoms with van der Waals surface area (Å²) < 4.78 is 5.35. The zero-order chi connectivity index (χ0) is 9.26. The minimum atomic E-state index is 0.340. The van der Waals surface area contributed by atoms with E-state index >= 15 is 0 Å². The lowest BCUT2D eigenvalue weighted by Gasteiger charge is -1.97. The average Bonchev–Trinajstić information content (AvgIpc) is 2.92. The van der Waals surface area contributed by atoms with Gasteiger partial charge >= 0.3 is 0 Å². The van der Waals surface area contributed by atoms with E-state index in [1.54, 1.807) is 7.11 Å². The molecule has 0 spiro atoms. The van der Waals surface area contributed by atoms with Crippen LogP contribution in [0.1, 0.15) is 11.5 Å². The minimum Gasteiger partial charge on any atom is -0.380 e. The van der Waals surface area contributed by atoms with Crippen LogP contribution in [0, 0.1) is 5.92 Å². The Morgan fingerprint density at radius 2 is 2.00 bits per heavy atom. The molecule has 0 aliphatic heterocycles. The minimum absolute atomic E-state index is 0.340. The summed E-state index contributed by atoms with van der Waals surface area (Å²) in [7, 11) is 1.76. The first-order valence-electron chi connectivity index (χ1n) is 4.66. The van der Waals surface area contributed by atoms with Gasteiger partial charge in [-0.15, -0.1) is 0 Å². The topological polar surface area (TPSA) is 35.2 Å². The van der Waals surface area contributed by atoms with E-state index in [9.17, 15) is 0 Å². The maximum atomic E-state index is 5.65. The first kappa shape index (κ1) is 8.73. The summed E-state index contributed by atoms with van der Waals surface area (Å²) in [5.74, 6) is 1.04. The molecule has 2 N–H and O–H groups in total. The van der Waals surface area contributed by atoms with Gasteiger partial charge in [0.2, 0.25) is 0 Å². The van der Waals surface area contributed by atoms with Gasteiger partial charge in [0.1, 0.15) is 0 Å². The van der Waals surface area contributed by atoms with Gasteiger partial charge in [0, 0.05) is 18.9 Å². The van der Waals surface area contributed by atoms with Crippen LogP contribution in [0.4, 0.5) is 0 Å². The van der Waals surface area contributed by atoms with Crippen LogP contribution in [0.15, 0.2) is 30.3 Å². The van der Waals surface area contributed by atoms with Crippen molar-refractivity contribution in [3.05, 3.63) is 35.9 Å². The van der Waals surface area contributed by atoms with E-state index in [2.05, 4.69) is 24.3 Å². The van der Waals surface area contributed by atoms with Crippen LogP contribution in [0.3, 0.4) is 0 Å². The number of hydrogen-bond acceptors (Lipinski definition) is 2. The van der Waals surface area contributed by atoms with Crippen LogP contribution in [0.5, 0.6) is 0 Å². The van der Waals surface area contributed by atoms with Crippen LogP contribution in [-0.4, -0.2) is 19.8 Å². The number of rotatable bonds is 3. The maximum absolute atomic E-state index is 5.65. The summed E-state index contributed by atoms with van der Waals surface area (Å²) in [6.07, 6.45) is 0.340.